The van der Waals surface area contributed by atoms with Crippen molar-refractivity contribution in [3.8, 4) is 0 Å². The van der Waals surface area contributed by atoms with Crippen LogP contribution >= 0.6 is 11.6 Å². The van der Waals surface area contributed by atoms with Crippen LogP contribution in [0, 0.1) is 0 Å². The van der Waals surface area contributed by atoms with E-state index in [1.165, 1.54) is 96.3 Å². The number of unbranched alkanes of at least 4 members (excludes halogenated alkanes) is 15. The molecule has 0 unspecified atom stereocenters. The molecule has 0 aliphatic carbocycles. The van der Waals surface area contributed by atoms with Gasteiger partial charge in [-0.1, -0.05) is 103 Å². The van der Waals surface area contributed by atoms with Gasteiger partial charge in [0.15, 0.2) is 0 Å². The SMILES string of the molecule is CCCCCCCCCCCCCCCCCCOCCOCCOCCOCCOCCOCCOCCOCCOCCCl. The zero-order valence-corrected chi connectivity index (χ0v) is 30.6. The van der Waals surface area contributed by atoms with Crippen molar-refractivity contribution in [1.29, 1.82) is 0 Å². The molecule has 0 spiro atoms. The van der Waals surface area contributed by atoms with Gasteiger partial charge in [0.1, 0.15) is 0 Å². The van der Waals surface area contributed by atoms with Crippen molar-refractivity contribution in [3.05, 3.63) is 0 Å². The molecule has 0 aromatic carbocycles. The van der Waals surface area contributed by atoms with E-state index < -0.39 is 0 Å². The molecule has 0 aliphatic heterocycles. The maximum atomic E-state index is 5.68. The Hall–Kier alpha value is -0.0700. The van der Waals surface area contributed by atoms with E-state index in [-0.39, 0.29) is 0 Å². The molecule has 0 saturated heterocycles. The minimum atomic E-state index is 0.505. The summed E-state index contributed by atoms with van der Waals surface area (Å²) in [6, 6.07) is 0. The zero-order valence-electron chi connectivity index (χ0n) is 29.8. The average Bonchev–Trinajstić information content (AvgIpc) is 3.07. The molecule has 46 heavy (non-hydrogen) atoms. The van der Waals surface area contributed by atoms with Crippen molar-refractivity contribution in [1.82, 2.24) is 0 Å². The lowest BCUT2D eigenvalue weighted by Crippen LogP contribution is -2.15. The number of ether oxygens (including phenoxy) is 9. The number of hydrogen-bond donors (Lipinski definition) is 0. The van der Waals surface area contributed by atoms with Crippen molar-refractivity contribution in [2.45, 2.75) is 110 Å². The van der Waals surface area contributed by atoms with Crippen LogP contribution in [0.25, 0.3) is 0 Å². The Morgan fingerprint density at radius 2 is 0.435 bits per heavy atom. The van der Waals surface area contributed by atoms with E-state index in [4.69, 9.17) is 54.2 Å². The minimum absolute atomic E-state index is 0.505. The summed E-state index contributed by atoms with van der Waals surface area (Å²) in [5, 5.41) is 0. The molecule has 10 heteroatoms. The van der Waals surface area contributed by atoms with E-state index in [1.807, 2.05) is 0 Å². The van der Waals surface area contributed by atoms with Crippen LogP contribution in [0.2, 0.25) is 0 Å². The molecule has 0 aliphatic rings. The van der Waals surface area contributed by atoms with E-state index in [1.54, 1.807) is 0 Å². The van der Waals surface area contributed by atoms with Gasteiger partial charge in [0, 0.05) is 12.5 Å². The highest BCUT2D eigenvalue weighted by molar-refractivity contribution is 6.17. The lowest BCUT2D eigenvalue weighted by Gasteiger charge is -2.09. The summed E-state index contributed by atoms with van der Waals surface area (Å²) in [5.74, 6) is 0.505. The Bertz CT molecular complexity index is 476. The van der Waals surface area contributed by atoms with Crippen molar-refractivity contribution in [2.75, 3.05) is 125 Å². The summed E-state index contributed by atoms with van der Waals surface area (Å²) in [6.45, 7) is 12.6. The molecule has 9 nitrogen and oxygen atoms in total. The monoisotopic (exact) mass is 684 g/mol. The van der Waals surface area contributed by atoms with Crippen LogP contribution in [-0.4, -0.2) is 125 Å². The van der Waals surface area contributed by atoms with Gasteiger partial charge in [-0.3, -0.25) is 0 Å². The molecule has 0 aromatic rings. The van der Waals surface area contributed by atoms with Crippen LogP contribution < -0.4 is 0 Å². The van der Waals surface area contributed by atoms with Gasteiger partial charge < -0.3 is 42.6 Å². The minimum Gasteiger partial charge on any atom is -0.379 e. The maximum absolute atomic E-state index is 5.68. The first-order chi connectivity index (χ1) is 22.9. The lowest BCUT2D eigenvalue weighted by atomic mass is 10.0. The second kappa shape index (κ2) is 44.9. The third-order valence-corrected chi connectivity index (χ3v) is 7.49. The van der Waals surface area contributed by atoms with Crippen molar-refractivity contribution in [2.24, 2.45) is 0 Å². The molecular formula is C36H73ClO9. The van der Waals surface area contributed by atoms with Crippen LogP contribution in [0.1, 0.15) is 110 Å². The highest BCUT2D eigenvalue weighted by atomic mass is 35.5. The number of hydrogen-bond acceptors (Lipinski definition) is 9. The molecule has 0 aromatic heterocycles. The van der Waals surface area contributed by atoms with Gasteiger partial charge in [0.2, 0.25) is 0 Å². The van der Waals surface area contributed by atoms with E-state index in [2.05, 4.69) is 6.92 Å². The van der Waals surface area contributed by atoms with Gasteiger partial charge in [0.25, 0.3) is 0 Å². The number of alkyl halides is 1. The van der Waals surface area contributed by atoms with Crippen LogP contribution in [0.4, 0.5) is 0 Å². The first-order valence-electron chi connectivity index (χ1n) is 18.7. The van der Waals surface area contributed by atoms with Crippen molar-refractivity contribution in [3.63, 3.8) is 0 Å². The summed E-state index contributed by atoms with van der Waals surface area (Å²) in [7, 11) is 0. The fourth-order valence-corrected chi connectivity index (χ4v) is 4.78. The van der Waals surface area contributed by atoms with E-state index in [0.29, 0.717) is 118 Å². The van der Waals surface area contributed by atoms with Gasteiger partial charge in [-0.05, 0) is 6.42 Å². The van der Waals surface area contributed by atoms with Crippen LogP contribution in [0.15, 0.2) is 0 Å². The fourth-order valence-electron chi connectivity index (χ4n) is 4.67. The maximum Gasteiger partial charge on any atom is 0.0701 e. The number of halogens is 1. The van der Waals surface area contributed by atoms with E-state index in [9.17, 15) is 0 Å². The summed E-state index contributed by atoms with van der Waals surface area (Å²) in [5.41, 5.74) is 0. The molecule has 0 fully saturated rings. The lowest BCUT2D eigenvalue weighted by molar-refractivity contribution is -0.0248. The van der Waals surface area contributed by atoms with Gasteiger partial charge in [-0.15, -0.1) is 11.6 Å². The first kappa shape index (κ1) is 45.9. The molecule has 0 radical (unpaired) electrons. The van der Waals surface area contributed by atoms with Gasteiger partial charge in [-0.2, -0.15) is 0 Å². The second-order valence-electron chi connectivity index (χ2n) is 11.5. The molecule has 0 heterocycles. The van der Waals surface area contributed by atoms with Crippen molar-refractivity contribution < 1.29 is 42.6 Å². The molecule has 0 saturated carbocycles. The molecule has 278 valence electrons. The summed E-state index contributed by atoms with van der Waals surface area (Å²) in [6.07, 6.45) is 22.2. The highest BCUT2D eigenvalue weighted by Gasteiger charge is 1.97. The normalized spacial score (nSPS) is 11.6. The summed E-state index contributed by atoms with van der Waals surface area (Å²) in [4.78, 5) is 0. The second-order valence-corrected chi connectivity index (χ2v) is 11.9. The zero-order chi connectivity index (χ0) is 33.1. The average molecular weight is 685 g/mol. The predicted octanol–water partition coefficient (Wildman–Crippen LogP) is 7.64. The first-order valence-corrected chi connectivity index (χ1v) is 19.2. The molecule has 0 atom stereocenters. The predicted molar refractivity (Wildman–Crippen MR) is 188 cm³/mol. The van der Waals surface area contributed by atoms with E-state index >= 15 is 0 Å². The largest absolute Gasteiger partial charge is 0.379 e. The summed E-state index contributed by atoms with van der Waals surface area (Å²) < 4.78 is 49.3. The van der Waals surface area contributed by atoms with Gasteiger partial charge in [0.05, 0.1) is 112 Å². The third-order valence-electron chi connectivity index (χ3n) is 7.34. The molecule has 0 N–H and O–H groups in total. The quantitative estimate of drug-likeness (QED) is 0.0475. The Morgan fingerprint density at radius 3 is 0.674 bits per heavy atom. The molecule has 0 rings (SSSR count). The Morgan fingerprint density at radius 1 is 0.239 bits per heavy atom. The van der Waals surface area contributed by atoms with Crippen LogP contribution in [0.5, 0.6) is 0 Å². The Kier molecular flexibility index (Phi) is 44.9. The molecular weight excluding hydrogens is 612 g/mol. The van der Waals surface area contributed by atoms with E-state index in [0.717, 1.165) is 13.0 Å². The highest BCUT2D eigenvalue weighted by Crippen LogP contribution is 2.13. The topological polar surface area (TPSA) is 83.1 Å². The molecule has 0 amide bonds. The van der Waals surface area contributed by atoms with Crippen molar-refractivity contribution >= 4 is 11.6 Å². The smallest absolute Gasteiger partial charge is 0.0701 e. The fraction of sp³-hybridized carbons (Fsp3) is 1.00. The van der Waals surface area contributed by atoms with Crippen LogP contribution in [-0.2, 0) is 42.6 Å². The third kappa shape index (κ3) is 43.9. The number of rotatable bonds is 43. The molecule has 0 bridgehead atoms. The Balaban J connectivity index is 3.03. The summed E-state index contributed by atoms with van der Waals surface area (Å²) >= 11 is 5.52. The van der Waals surface area contributed by atoms with Crippen LogP contribution in [0.3, 0.4) is 0 Å². The standard InChI is InChI=1S/C36H73ClO9/c1-2-3-4-5-6-7-8-9-10-11-12-13-14-15-16-17-19-38-21-23-40-25-27-42-29-31-44-33-35-46-36-34-45-32-30-43-28-26-41-24-22-39-20-18-37/h2-36H2,1H3. The van der Waals surface area contributed by atoms with Gasteiger partial charge >= 0.3 is 0 Å². The Labute approximate surface area is 288 Å². The van der Waals surface area contributed by atoms with Gasteiger partial charge in [-0.25, -0.2) is 0 Å².